The summed E-state index contributed by atoms with van der Waals surface area (Å²) in [6.07, 6.45) is -28.4. The molecule has 0 unspecified atom stereocenters. The SMILES string of the molecule is CC(=O)O[C@@H]1[C@H](O[C@@H]2O[C@@H](C)[C@H](O)[C@@H](O)[C@H]2O)[C@@H](O[C@@H]2O[C@@H](C)[C@H](O[C@@H]3OC[C@@H](O)[C@H](O)[C@H]3O)[C@@H](O)[C@H]2O)[C@H](O)O[C@@H]1C. The molecule has 0 bridgehead atoms. The summed E-state index contributed by atoms with van der Waals surface area (Å²) in [7, 11) is 0. The number of aliphatic hydroxyl groups is 9. The number of hydrogen-bond acceptors (Lipinski definition) is 18. The minimum absolute atomic E-state index is 0.369. The molecule has 0 saturated carbocycles. The summed E-state index contributed by atoms with van der Waals surface area (Å²) in [5.41, 5.74) is 0. The lowest BCUT2D eigenvalue weighted by atomic mass is 9.96. The highest BCUT2D eigenvalue weighted by Crippen LogP contribution is 2.34. The summed E-state index contributed by atoms with van der Waals surface area (Å²) < 4.78 is 44.5. The lowest BCUT2D eigenvalue weighted by Crippen LogP contribution is -2.66. The lowest BCUT2D eigenvalue weighted by Gasteiger charge is -2.49. The second kappa shape index (κ2) is 14.1. The molecule has 9 N–H and O–H groups in total. The smallest absolute Gasteiger partial charge is 0.303 e. The van der Waals surface area contributed by atoms with Gasteiger partial charge in [0.15, 0.2) is 31.3 Å². The number of esters is 1. The molecule has 250 valence electrons. The van der Waals surface area contributed by atoms with Gasteiger partial charge in [-0.25, -0.2) is 0 Å². The van der Waals surface area contributed by atoms with Gasteiger partial charge in [0.05, 0.1) is 24.9 Å². The maximum atomic E-state index is 11.9. The van der Waals surface area contributed by atoms with Crippen LogP contribution in [0.15, 0.2) is 0 Å². The third kappa shape index (κ3) is 7.30. The molecule has 0 amide bonds. The highest BCUT2D eigenvalue weighted by molar-refractivity contribution is 5.66. The Balaban J connectivity index is 1.52. The highest BCUT2D eigenvalue weighted by atomic mass is 16.8. The summed E-state index contributed by atoms with van der Waals surface area (Å²) in [6.45, 7) is 5.05. The molecule has 4 aliphatic rings. The third-order valence-corrected chi connectivity index (χ3v) is 7.96. The van der Waals surface area contributed by atoms with E-state index < -0.39 is 123 Å². The van der Waals surface area contributed by atoms with Gasteiger partial charge < -0.3 is 83.9 Å². The van der Waals surface area contributed by atoms with Crippen molar-refractivity contribution in [3.8, 4) is 0 Å². The van der Waals surface area contributed by atoms with Gasteiger partial charge >= 0.3 is 5.97 Å². The number of hydrogen-bond donors (Lipinski definition) is 9. The van der Waals surface area contributed by atoms with Gasteiger partial charge in [0, 0.05) is 6.92 Å². The summed E-state index contributed by atoms with van der Waals surface area (Å²) in [5, 5.41) is 93.2. The summed E-state index contributed by atoms with van der Waals surface area (Å²) in [5.74, 6) is -0.763. The van der Waals surface area contributed by atoms with E-state index in [1.54, 1.807) is 0 Å². The van der Waals surface area contributed by atoms with Crippen LogP contribution in [0.3, 0.4) is 0 Å². The van der Waals surface area contributed by atoms with Gasteiger partial charge in [0.25, 0.3) is 0 Å². The van der Waals surface area contributed by atoms with E-state index in [9.17, 15) is 50.8 Å². The molecule has 0 spiro atoms. The molecular weight excluding hydrogens is 588 g/mol. The van der Waals surface area contributed by atoms with Crippen LogP contribution in [0.4, 0.5) is 0 Å². The van der Waals surface area contributed by atoms with Crippen molar-refractivity contribution in [3.63, 3.8) is 0 Å². The average molecular weight is 631 g/mol. The van der Waals surface area contributed by atoms with Crippen LogP contribution in [0.25, 0.3) is 0 Å². The van der Waals surface area contributed by atoms with Crippen molar-refractivity contribution in [3.05, 3.63) is 0 Å². The van der Waals surface area contributed by atoms with Crippen molar-refractivity contribution >= 4 is 5.97 Å². The van der Waals surface area contributed by atoms with Crippen LogP contribution >= 0.6 is 0 Å². The van der Waals surface area contributed by atoms with Crippen molar-refractivity contribution in [2.45, 2.75) is 144 Å². The van der Waals surface area contributed by atoms with Crippen LogP contribution in [0.5, 0.6) is 0 Å². The van der Waals surface area contributed by atoms with Crippen LogP contribution in [0.1, 0.15) is 27.7 Å². The molecule has 43 heavy (non-hydrogen) atoms. The Kier molecular flexibility index (Phi) is 11.4. The first-order valence-electron chi connectivity index (χ1n) is 14.0. The van der Waals surface area contributed by atoms with E-state index in [2.05, 4.69) is 0 Å². The van der Waals surface area contributed by atoms with Crippen LogP contribution < -0.4 is 0 Å². The fourth-order valence-corrected chi connectivity index (χ4v) is 5.44. The first kappa shape index (κ1) is 34.7. The van der Waals surface area contributed by atoms with E-state index in [-0.39, 0.29) is 6.61 Å². The van der Waals surface area contributed by atoms with E-state index in [4.69, 9.17) is 37.9 Å². The van der Waals surface area contributed by atoms with Crippen LogP contribution in [-0.4, -0.2) is 175 Å². The molecule has 18 heteroatoms. The predicted octanol–water partition coefficient (Wildman–Crippen LogP) is -5.46. The van der Waals surface area contributed by atoms with Gasteiger partial charge in [0.2, 0.25) is 0 Å². The second-order valence-electron chi connectivity index (χ2n) is 11.2. The normalized spacial score (nSPS) is 52.9. The van der Waals surface area contributed by atoms with E-state index in [1.807, 2.05) is 0 Å². The lowest BCUT2D eigenvalue weighted by molar-refractivity contribution is -0.389. The minimum atomic E-state index is -1.86. The monoisotopic (exact) mass is 630 g/mol. The number of aliphatic hydroxyl groups excluding tert-OH is 9. The van der Waals surface area contributed by atoms with Crippen LogP contribution in [0, 0.1) is 0 Å². The standard InChI is InChI=1S/C25H42O18/c1-6-11(28)13(30)16(33)24(38-6)42-20-19(40-9(4)26)8(3)37-22(35)21(20)43-25-17(34)14(31)18(7(2)39-25)41-23-15(32)12(29)10(27)5-36-23/h6-8,10-25,27-35H,5H2,1-4H3/t6-,7-,8+,10+,11-,12-,13+,14-,15+,16+,17+,18-,19-,20-,21+,22+,23-,24-,25-/m0/s1. The largest absolute Gasteiger partial charge is 0.457 e. The molecule has 0 aromatic heterocycles. The maximum absolute atomic E-state index is 11.9. The molecule has 4 saturated heterocycles. The minimum Gasteiger partial charge on any atom is -0.457 e. The average Bonchev–Trinajstić information content (AvgIpc) is 2.94. The summed E-state index contributed by atoms with van der Waals surface area (Å²) in [4.78, 5) is 11.9. The Morgan fingerprint density at radius 3 is 1.70 bits per heavy atom. The Morgan fingerprint density at radius 2 is 1.07 bits per heavy atom. The fraction of sp³-hybridized carbons (Fsp3) is 0.960. The zero-order chi connectivity index (χ0) is 31.9. The van der Waals surface area contributed by atoms with Gasteiger partial charge in [-0.3, -0.25) is 4.79 Å². The molecule has 0 radical (unpaired) electrons. The third-order valence-electron chi connectivity index (χ3n) is 7.96. The molecule has 4 heterocycles. The number of carbonyl (C=O) groups is 1. The molecule has 4 fully saturated rings. The van der Waals surface area contributed by atoms with Crippen molar-refractivity contribution in [1.82, 2.24) is 0 Å². The van der Waals surface area contributed by atoms with Crippen LogP contribution in [-0.2, 0) is 42.7 Å². The Bertz CT molecular complexity index is 927. The zero-order valence-electron chi connectivity index (χ0n) is 23.9. The first-order valence-corrected chi connectivity index (χ1v) is 14.0. The van der Waals surface area contributed by atoms with Gasteiger partial charge in [-0.2, -0.15) is 0 Å². The molecular formula is C25H42O18. The zero-order valence-corrected chi connectivity index (χ0v) is 23.9. The molecule has 0 aliphatic carbocycles. The topological polar surface area (TPSA) is 273 Å². The fourth-order valence-electron chi connectivity index (χ4n) is 5.44. The Morgan fingerprint density at radius 1 is 0.558 bits per heavy atom. The number of ether oxygens (including phenoxy) is 8. The molecule has 4 rings (SSSR count). The summed E-state index contributed by atoms with van der Waals surface area (Å²) >= 11 is 0. The van der Waals surface area contributed by atoms with Crippen LogP contribution in [0.2, 0.25) is 0 Å². The quantitative estimate of drug-likeness (QED) is 0.119. The van der Waals surface area contributed by atoms with Gasteiger partial charge in [0.1, 0.15) is 67.1 Å². The first-order chi connectivity index (χ1) is 20.1. The summed E-state index contributed by atoms with van der Waals surface area (Å²) in [6, 6.07) is 0. The van der Waals surface area contributed by atoms with Gasteiger partial charge in [-0.05, 0) is 20.8 Å². The second-order valence-corrected chi connectivity index (χ2v) is 11.2. The van der Waals surface area contributed by atoms with E-state index in [1.165, 1.54) is 20.8 Å². The Hall–Kier alpha value is -1.17. The predicted molar refractivity (Wildman–Crippen MR) is 133 cm³/mol. The van der Waals surface area contributed by atoms with Crippen molar-refractivity contribution < 1.29 is 88.6 Å². The van der Waals surface area contributed by atoms with E-state index >= 15 is 0 Å². The van der Waals surface area contributed by atoms with Gasteiger partial charge in [-0.1, -0.05) is 0 Å². The van der Waals surface area contributed by atoms with Crippen molar-refractivity contribution in [2.75, 3.05) is 6.61 Å². The van der Waals surface area contributed by atoms with Crippen molar-refractivity contribution in [1.29, 1.82) is 0 Å². The number of carbonyl (C=O) groups excluding carboxylic acids is 1. The maximum Gasteiger partial charge on any atom is 0.303 e. The Labute approximate surface area is 246 Å². The molecule has 0 aromatic rings. The number of rotatable bonds is 7. The van der Waals surface area contributed by atoms with E-state index in [0.29, 0.717) is 0 Å². The molecule has 19 atom stereocenters. The van der Waals surface area contributed by atoms with Crippen molar-refractivity contribution in [2.24, 2.45) is 0 Å². The molecule has 0 aromatic carbocycles. The molecule has 4 aliphatic heterocycles. The van der Waals surface area contributed by atoms with Gasteiger partial charge in [-0.15, -0.1) is 0 Å². The molecule has 18 nitrogen and oxygen atoms in total. The highest BCUT2D eigenvalue weighted by Gasteiger charge is 2.55. The van der Waals surface area contributed by atoms with E-state index in [0.717, 1.165) is 6.92 Å².